The Bertz CT molecular complexity index is 322. The minimum atomic E-state index is 0.493. The van der Waals surface area contributed by atoms with Crippen LogP contribution in [0.5, 0.6) is 0 Å². The number of hydrogen-bond acceptors (Lipinski definition) is 1. The minimum Gasteiger partial charge on any atom is -0.309 e. The molecular formula is C12H16Cl2IN. The molecule has 1 aromatic rings. The van der Waals surface area contributed by atoms with Crippen LogP contribution in [0.15, 0.2) is 18.2 Å². The highest BCUT2D eigenvalue weighted by atomic mass is 127. The Morgan fingerprint density at radius 3 is 2.25 bits per heavy atom. The third kappa shape index (κ3) is 4.06. The first-order valence-corrected chi connectivity index (χ1v) is 7.56. The maximum Gasteiger partial charge on any atom is 0.0465 e. The largest absolute Gasteiger partial charge is 0.309 e. The highest BCUT2D eigenvalue weighted by Crippen LogP contribution is 2.24. The lowest BCUT2D eigenvalue weighted by Gasteiger charge is -2.20. The highest BCUT2D eigenvalue weighted by Gasteiger charge is 2.12. The van der Waals surface area contributed by atoms with Crippen molar-refractivity contribution >= 4 is 45.8 Å². The van der Waals surface area contributed by atoms with Gasteiger partial charge in [0.15, 0.2) is 0 Å². The molecule has 90 valence electrons. The van der Waals surface area contributed by atoms with E-state index >= 15 is 0 Å². The zero-order valence-electron chi connectivity index (χ0n) is 9.43. The molecule has 1 aromatic carbocycles. The molecule has 0 saturated heterocycles. The molecule has 0 amide bonds. The maximum absolute atomic E-state index is 6.11. The van der Waals surface area contributed by atoms with Crippen molar-refractivity contribution in [2.75, 3.05) is 4.43 Å². The Kier molecular flexibility index (Phi) is 6.40. The van der Waals surface area contributed by atoms with E-state index in [9.17, 15) is 0 Å². The molecule has 0 aliphatic heterocycles. The lowest BCUT2D eigenvalue weighted by atomic mass is 10.1. The summed E-state index contributed by atoms with van der Waals surface area (Å²) in [5, 5.41) is 4.96. The van der Waals surface area contributed by atoms with E-state index in [1.54, 1.807) is 0 Å². The fourth-order valence-corrected chi connectivity index (χ4v) is 3.26. The van der Waals surface area contributed by atoms with Gasteiger partial charge in [0.05, 0.1) is 0 Å². The number of hydrogen-bond donors (Lipinski definition) is 1. The van der Waals surface area contributed by atoms with Crippen LogP contribution in [0.25, 0.3) is 0 Å². The maximum atomic E-state index is 6.11. The predicted molar refractivity (Wildman–Crippen MR) is 80.8 cm³/mol. The van der Waals surface area contributed by atoms with Gasteiger partial charge in [0.2, 0.25) is 0 Å². The molecule has 1 nitrogen and oxygen atoms in total. The zero-order valence-corrected chi connectivity index (χ0v) is 13.1. The van der Waals surface area contributed by atoms with Gasteiger partial charge in [-0.15, -0.1) is 0 Å². The molecule has 1 N–H and O–H groups in total. The topological polar surface area (TPSA) is 12.0 Å². The number of alkyl halides is 1. The van der Waals surface area contributed by atoms with E-state index < -0.39 is 0 Å². The molecule has 0 spiro atoms. The van der Waals surface area contributed by atoms with E-state index in [0.717, 1.165) is 26.6 Å². The van der Waals surface area contributed by atoms with Crippen molar-refractivity contribution in [3.05, 3.63) is 33.8 Å². The van der Waals surface area contributed by atoms with Crippen LogP contribution >= 0.6 is 45.8 Å². The lowest BCUT2D eigenvalue weighted by molar-refractivity contribution is 0.436. The second kappa shape index (κ2) is 7.04. The second-order valence-corrected chi connectivity index (χ2v) is 5.78. The van der Waals surface area contributed by atoms with E-state index in [1.807, 2.05) is 18.2 Å². The predicted octanol–water partition coefficient (Wildman–Crippen LogP) is 4.54. The summed E-state index contributed by atoms with van der Waals surface area (Å²) < 4.78 is 1.08. The zero-order chi connectivity index (χ0) is 12.1. The van der Waals surface area contributed by atoms with E-state index in [0.29, 0.717) is 12.0 Å². The van der Waals surface area contributed by atoms with Crippen LogP contribution in [-0.4, -0.2) is 10.5 Å². The van der Waals surface area contributed by atoms with Crippen molar-refractivity contribution in [2.45, 2.75) is 26.4 Å². The van der Waals surface area contributed by atoms with Gasteiger partial charge in [-0.2, -0.15) is 0 Å². The number of halogens is 3. The monoisotopic (exact) mass is 371 g/mol. The number of nitrogens with one attached hydrogen (secondary N) is 1. The van der Waals surface area contributed by atoms with Gasteiger partial charge in [0.1, 0.15) is 0 Å². The average Bonchev–Trinajstić information content (AvgIpc) is 2.22. The fraction of sp³-hybridized carbons (Fsp3) is 0.500. The van der Waals surface area contributed by atoms with Gasteiger partial charge in [-0.3, -0.25) is 0 Å². The average molecular weight is 372 g/mol. The molecule has 4 heteroatoms. The van der Waals surface area contributed by atoms with E-state index in [1.165, 1.54) is 0 Å². The van der Waals surface area contributed by atoms with Crippen molar-refractivity contribution in [2.24, 2.45) is 5.92 Å². The van der Waals surface area contributed by atoms with Crippen molar-refractivity contribution in [3.63, 3.8) is 0 Å². The lowest BCUT2D eigenvalue weighted by Crippen LogP contribution is -2.34. The normalized spacial score (nSPS) is 13.1. The summed E-state index contributed by atoms with van der Waals surface area (Å²) in [7, 11) is 0. The van der Waals surface area contributed by atoms with E-state index in [-0.39, 0.29) is 0 Å². The van der Waals surface area contributed by atoms with Crippen LogP contribution in [0.4, 0.5) is 0 Å². The molecule has 1 rings (SSSR count). The Hall–Kier alpha value is 0.490. The summed E-state index contributed by atoms with van der Waals surface area (Å²) in [5.74, 6) is 0.609. The third-order valence-electron chi connectivity index (χ3n) is 2.57. The Balaban J connectivity index is 2.67. The Morgan fingerprint density at radius 1 is 1.25 bits per heavy atom. The summed E-state index contributed by atoms with van der Waals surface area (Å²) in [4.78, 5) is 0. The van der Waals surface area contributed by atoms with Gasteiger partial charge in [-0.25, -0.2) is 0 Å². The van der Waals surface area contributed by atoms with Crippen LogP contribution in [0.1, 0.15) is 19.4 Å². The molecule has 0 aliphatic rings. The third-order valence-corrected chi connectivity index (χ3v) is 4.23. The summed E-state index contributed by atoms with van der Waals surface area (Å²) in [5.41, 5.74) is 0.987. The Morgan fingerprint density at radius 2 is 1.81 bits per heavy atom. The van der Waals surface area contributed by atoms with Gasteiger partial charge in [0, 0.05) is 32.6 Å². The van der Waals surface area contributed by atoms with Gasteiger partial charge >= 0.3 is 0 Å². The van der Waals surface area contributed by atoms with Crippen molar-refractivity contribution in [1.29, 1.82) is 0 Å². The molecule has 0 radical (unpaired) electrons. The van der Waals surface area contributed by atoms with Crippen LogP contribution in [0.3, 0.4) is 0 Å². The molecule has 16 heavy (non-hydrogen) atoms. The van der Waals surface area contributed by atoms with Crippen molar-refractivity contribution in [3.8, 4) is 0 Å². The summed E-state index contributed by atoms with van der Waals surface area (Å²) >= 11 is 14.6. The molecule has 0 aliphatic carbocycles. The van der Waals surface area contributed by atoms with Crippen LogP contribution < -0.4 is 5.32 Å². The molecule has 0 heterocycles. The van der Waals surface area contributed by atoms with Gasteiger partial charge < -0.3 is 5.32 Å². The molecule has 0 fully saturated rings. The molecular weight excluding hydrogens is 356 g/mol. The van der Waals surface area contributed by atoms with E-state index in [4.69, 9.17) is 23.2 Å². The van der Waals surface area contributed by atoms with Crippen LogP contribution in [0.2, 0.25) is 10.0 Å². The Labute approximate surface area is 121 Å². The molecule has 1 unspecified atom stereocenters. The summed E-state index contributed by atoms with van der Waals surface area (Å²) in [6.45, 7) is 5.15. The molecule has 1 atom stereocenters. The highest BCUT2D eigenvalue weighted by molar-refractivity contribution is 14.1. The SMILES string of the molecule is CC(C)C(CI)NCc1c(Cl)cccc1Cl. The number of benzene rings is 1. The first-order chi connectivity index (χ1) is 7.56. The quantitative estimate of drug-likeness (QED) is 0.591. The summed E-state index contributed by atoms with van der Waals surface area (Å²) in [6.07, 6.45) is 0. The minimum absolute atomic E-state index is 0.493. The van der Waals surface area contributed by atoms with Gasteiger partial charge in [0.25, 0.3) is 0 Å². The van der Waals surface area contributed by atoms with Crippen molar-refractivity contribution < 1.29 is 0 Å². The van der Waals surface area contributed by atoms with Crippen LogP contribution in [0, 0.1) is 5.92 Å². The standard InChI is InChI=1S/C12H16Cl2IN/c1-8(2)12(6-15)16-7-9-10(13)4-3-5-11(9)14/h3-5,8,12,16H,6-7H2,1-2H3. The van der Waals surface area contributed by atoms with Crippen LogP contribution in [-0.2, 0) is 6.54 Å². The first kappa shape index (κ1) is 14.6. The number of rotatable bonds is 5. The molecule has 0 aromatic heterocycles. The van der Waals surface area contributed by atoms with E-state index in [2.05, 4.69) is 41.8 Å². The summed E-state index contributed by atoms with van der Waals surface area (Å²) in [6, 6.07) is 6.11. The van der Waals surface area contributed by atoms with Gasteiger partial charge in [-0.1, -0.05) is 65.7 Å². The fourth-order valence-electron chi connectivity index (χ4n) is 1.40. The smallest absolute Gasteiger partial charge is 0.0465 e. The van der Waals surface area contributed by atoms with Crippen molar-refractivity contribution in [1.82, 2.24) is 5.32 Å². The molecule has 0 saturated carbocycles. The molecule has 0 bridgehead atoms. The van der Waals surface area contributed by atoms with Gasteiger partial charge in [-0.05, 0) is 18.1 Å². The second-order valence-electron chi connectivity index (χ2n) is 4.09. The first-order valence-electron chi connectivity index (χ1n) is 5.28.